The van der Waals surface area contributed by atoms with Gasteiger partial charge in [0.05, 0.1) is 37.1 Å². The van der Waals surface area contributed by atoms with E-state index in [0.29, 0.717) is 29.8 Å². The minimum atomic E-state index is -1.33. The summed E-state index contributed by atoms with van der Waals surface area (Å²) in [5, 5.41) is 11.5. The molecule has 0 radical (unpaired) electrons. The van der Waals surface area contributed by atoms with Gasteiger partial charge in [-0.1, -0.05) is 0 Å². The third kappa shape index (κ3) is 4.47. The lowest BCUT2D eigenvalue weighted by molar-refractivity contribution is -0.119. The van der Waals surface area contributed by atoms with Gasteiger partial charge in [-0.2, -0.15) is 5.26 Å². The molecule has 2 aliphatic heterocycles. The van der Waals surface area contributed by atoms with E-state index in [2.05, 4.69) is 5.32 Å². The van der Waals surface area contributed by atoms with Gasteiger partial charge in [0.15, 0.2) is 0 Å². The van der Waals surface area contributed by atoms with Crippen LogP contribution in [0.2, 0.25) is 0 Å². The molecule has 1 aromatic carbocycles. The van der Waals surface area contributed by atoms with Crippen molar-refractivity contribution >= 4 is 23.4 Å². The highest BCUT2D eigenvalue weighted by molar-refractivity contribution is 5.90. The fourth-order valence-electron chi connectivity index (χ4n) is 3.54. The number of nitriles is 1. The Kier molecular flexibility index (Phi) is 6.01. The van der Waals surface area contributed by atoms with Crippen molar-refractivity contribution in [2.75, 3.05) is 36.0 Å². The molecule has 0 aromatic heterocycles. The largest absolute Gasteiger partial charge is 0.442 e. The summed E-state index contributed by atoms with van der Waals surface area (Å²) in [6.45, 7) is 3.69. The first-order chi connectivity index (χ1) is 13.8. The summed E-state index contributed by atoms with van der Waals surface area (Å²) in [5.74, 6) is -0.803. The first-order valence-corrected chi connectivity index (χ1v) is 9.31. The zero-order chi connectivity index (χ0) is 21.1. The van der Waals surface area contributed by atoms with Gasteiger partial charge in [0.1, 0.15) is 18.1 Å². The zero-order valence-electron chi connectivity index (χ0n) is 16.2. The van der Waals surface area contributed by atoms with E-state index in [-0.39, 0.29) is 31.2 Å². The normalized spacial score (nSPS) is 23.5. The Morgan fingerprint density at radius 3 is 2.76 bits per heavy atom. The quantitative estimate of drug-likeness (QED) is 0.780. The van der Waals surface area contributed by atoms with E-state index < -0.39 is 24.2 Å². The number of halogens is 2. The number of hydrogen-bond donors (Lipinski definition) is 1. The lowest BCUT2D eigenvalue weighted by atomic mass is 9.97. The molecule has 154 valence electrons. The predicted molar refractivity (Wildman–Crippen MR) is 103 cm³/mol. The molecule has 7 nitrogen and oxygen atoms in total. The molecule has 2 fully saturated rings. The van der Waals surface area contributed by atoms with Crippen LogP contribution in [-0.4, -0.2) is 50.5 Å². The molecule has 2 atom stereocenters. The van der Waals surface area contributed by atoms with E-state index in [1.165, 1.54) is 24.0 Å². The number of hydrogen-bond acceptors (Lipinski definition) is 5. The minimum absolute atomic E-state index is 0.0326. The van der Waals surface area contributed by atoms with Crippen LogP contribution in [0.15, 0.2) is 29.3 Å². The van der Waals surface area contributed by atoms with Crippen molar-refractivity contribution in [1.82, 2.24) is 5.32 Å². The highest BCUT2D eigenvalue weighted by Gasteiger charge is 2.33. The molecule has 3 rings (SSSR count). The lowest BCUT2D eigenvalue weighted by Gasteiger charge is -2.33. The summed E-state index contributed by atoms with van der Waals surface area (Å²) in [5.41, 5.74) is 1.41. The maximum Gasteiger partial charge on any atom is 0.414 e. The molecule has 29 heavy (non-hydrogen) atoms. The van der Waals surface area contributed by atoms with Gasteiger partial charge in [-0.3, -0.25) is 9.69 Å². The van der Waals surface area contributed by atoms with Crippen molar-refractivity contribution in [3.63, 3.8) is 0 Å². The van der Waals surface area contributed by atoms with Crippen LogP contribution in [0.25, 0.3) is 0 Å². The van der Waals surface area contributed by atoms with Gasteiger partial charge in [-0.25, -0.2) is 13.6 Å². The van der Waals surface area contributed by atoms with Crippen LogP contribution in [0.1, 0.15) is 20.3 Å². The topological polar surface area (TPSA) is 85.7 Å². The fourth-order valence-corrected chi connectivity index (χ4v) is 3.54. The molecule has 9 heteroatoms. The molecule has 2 amide bonds. The van der Waals surface area contributed by atoms with Crippen molar-refractivity contribution in [3.05, 3.63) is 35.2 Å². The monoisotopic (exact) mass is 404 g/mol. The van der Waals surface area contributed by atoms with Gasteiger partial charge in [0.25, 0.3) is 0 Å². The lowest BCUT2D eigenvalue weighted by Crippen LogP contribution is -2.39. The number of anilines is 2. The van der Waals surface area contributed by atoms with Gasteiger partial charge in [-0.05, 0) is 37.1 Å². The Morgan fingerprint density at radius 1 is 1.38 bits per heavy atom. The van der Waals surface area contributed by atoms with E-state index >= 15 is 0 Å². The van der Waals surface area contributed by atoms with Crippen LogP contribution in [-0.2, 0) is 9.53 Å². The van der Waals surface area contributed by atoms with Gasteiger partial charge in [0, 0.05) is 19.0 Å². The number of nitrogens with zero attached hydrogens (tertiary/aromatic N) is 3. The first kappa shape index (κ1) is 20.6. The summed E-state index contributed by atoms with van der Waals surface area (Å²) < 4.78 is 34.4. The van der Waals surface area contributed by atoms with Gasteiger partial charge < -0.3 is 15.0 Å². The Morgan fingerprint density at radius 2 is 2.14 bits per heavy atom. The Hall–Kier alpha value is -3.15. The minimum Gasteiger partial charge on any atom is -0.442 e. The summed E-state index contributed by atoms with van der Waals surface area (Å²) >= 11 is 0. The van der Waals surface area contributed by atoms with Crippen molar-refractivity contribution in [1.29, 1.82) is 5.26 Å². The number of benzene rings is 1. The summed E-state index contributed by atoms with van der Waals surface area (Å²) in [6.07, 6.45) is -2.11. The second kappa shape index (κ2) is 8.47. The average Bonchev–Trinajstić information content (AvgIpc) is 3.06. The van der Waals surface area contributed by atoms with Crippen LogP contribution in [0, 0.1) is 17.1 Å². The van der Waals surface area contributed by atoms with Gasteiger partial charge >= 0.3 is 6.09 Å². The molecule has 1 aromatic rings. The Bertz CT molecular complexity index is 896. The highest BCUT2D eigenvalue weighted by atomic mass is 19.1. The van der Waals surface area contributed by atoms with E-state index in [1.807, 2.05) is 6.07 Å². The van der Waals surface area contributed by atoms with E-state index in [9.17, 15) is 18.4 Å². The number of alkyl halides is 1. The molecule has 0 bridgehead atoms. The van der Waals surface area contributed by atoms with Crippen LogP contribution in [0.4, 0.5) is 25.0 Å². The maximum atomic E-state index is 14.8. The van der Waals surface area contributed by atoms with E-state index in [0.717, 1.165) is 0 Å². The molecule has 0 saturated carbocycles. The molecular formula is C20H22F2N4O3. The summed E-state index contributed by atoms with van der Waals surface area (Å²) in [7, 11) is 0. The molecular weight excluding hydrogens is 382 g/mol. The number of carbonyl (C=O) groups is 2. The maximum absolute atomic E-state index is 14.8. The Balaban J connectivity index is 1.71. The zero-order valence-corrected chi connectivity index (χ0v) is 16.2. The first-order valence-electron chi connectivity index (χ1n) is 9.31. The molecule has 2 heterocycles. The van der Waals surface area contributed by atoms with Crippen LogP contribution < -0.4 is 15.1 Å². The summed E-state index contributed by atoms with van der Waals surface area (Å²) in [6, 6.07) is 6.28. The van der Waals surface area contributed by atoms with E-state index in [1.54, 1.807) is 17.9 Å². The number of amides is 2. The molecule has 2 aliphatic rings. The number of cyclic esters (lactones) is 1. The smallest absolute Gasteiger partial charge is 0.414 e. The van der Waals surface area contributed by atoms with Crippen molar-refractivity contribution in [3.8, 4) is 6.07 Å². The molecule has 2 saturated heterocycles. The Labute approximate surface area is 167 Å². The second-order valence-electron chi connectivity index (χ2n) is 7.11. The van der Waals surface area contributed by atoms with Crippen LogP contribution in [0.5, 0.6) is 0 Å². The van der Waals surface area contributed by atoms with Gasteiger partial charge in [0.2, 0.25) is 5.91 Å². The SMILES string of the molecule is CC(=O)NCC1CN(c2ccc(N3CCC(=C(C)C#N)[C@H](F)C3)c(F)c2)C(=O)O1. The average molecular weight is 404 g/mol. The van der Waals surface area contributed by atoms with Crippen molar-refractivity contribution < 1.29 is 23.1 Å². The number of rotatable bonds is 4. The number of piperidine rings is 1. The van der Waals surface area contributed by atoms with Crippen molar-refractivity contribution in [2.45, 2.75) is 32.5 Å². The standard InChI is InChI=1S/C20H22F2N4O3/c1-12(8-23)16-5-6-25(11-18(16)22)19-4-3-14(7-17(19)21)26-10-15(29-20(26)28)9-24-13(2)27/h3-4,7,15,18H,5-6,9-11H2,1-2H3,(H,24,27)/t15?,18-/m1/s1. The molecule has 1 unspecified atom stereocenters. The second-order valence-corrected chi connectivity index (χ2v) is 7.11. The number of ether oxygens (including phenoxy) is 1. The molecule has 1 N–H and O–H groups in total. The van der Waals surface area contributed by atoms with Crippen LogP contribution in [0.3, 0.4) is 0 Å². The third-order valence-corrected chi connectivity index (χ3v) is 5.10. The number of nitrogens with one attached hydrogen (secondary N) is 1. The predicted octanol–water partition coefficient (Wildman–Crippen LogP) is 2.68. The number of allylic oxidation sites excluding steroid dienone is 1. The third-order valence-electron chi connectivity index (χ3n) is 5.10. The fraction of sp³-hybridized carbons (Fsp3) is 0.450. The van der Waals surface area contributed by atoms with Crippen LogP contribution >= 0.6 is 0 Å². The molecule has 0 aliphatic carbocycles. The van der Waals surface area contributed by atoms with Crippen molar-refractivity contribution in [2.24, 2.45) is 0 Å². The van der Waals surface area contributed by atoms with E-state index in [4.69, 9.17) is 10.00 Å². The highest BCUT2D eigenvalue weighted by Crippen LogP contribution is 2.31. The summed E-state index contributed by atoms with van der Waals surface area (Å²) in [4.78, 5) is 26.0. The molecule has 0 spiro atoms. The van der Waals surface area contributed by atoms with Gasteiger partial charge in [-0.15, -0.1) is 0 Å². The number of carbonyl (C=O) groups excluding carboxylic acids is 2.